The van der Waals surface area contributed by atoms with Crippen LogP contribution in [0.5, 0.6) is 0 Å². The van der Waals surface area contributed by atoms with Crippen molar-refractivity contribution in [2.75, 3.05) is 6.54 Å². The molecule has 0 aliphatic rings. The van der Waals surface area contributed by atoms with Crippen molar-refractivity contribution in [3.8, 4) is 0 Å². The second-order valence-corrected chi connectivity index (χ2v) is 10.4. The lowest BCUT2D eigenvalue weighted by atomic mass is 10.1. The minimum absolute atomic E-state index is 0.118. The van der Waals surface area contributed by atoms with E-state index >= 15 is 0 Å². The van der Waals surface area contributed by atoms with E-state index in [1.54, 1.807) is 0 Å². The van der Waals surface area contributed by atoms with Crippen LogP contribution >= 0.6 is 0 Å². The van der Waals surface area contributed by atoms with Gasteiger partial charge in [0.05, 0.1) is 0 Å². The summed E-state index contributed by atoms with van der Waals surface area (Å²) in [4.78, 5) is 25.3. The third-order valence-electron chi connectivity index (χ3n) is 6.86. The maximum absolute atomic E-state index is 12.8. The molecule has 0 radical (unpaired) electrons. The number of hydrogen-bond donors (Lipinski definition) is 1. The fourth-order valence-electron chi connectivity index (χ4n) is 4.50. The molecule has 0 aromatic heterocycles. The van der Waals surface area contributed by atoms with Gasteiger partial charge >= 0.3 is 5.97 Å². The van der Waals surface area contributed by atoms with Crippen LogP contribution in [0.3, 0.4) is 0 Å². The largest absolute Gasteiger partial charge is 0.452 e. The predicted molar refractivity (Wildman–Crippen MR) is 160 cm³/mol. The number of nitrogens with one attached hydrogen (secondary N) is 1. The van der Waals surface area contributed by atoms with Gasteiger partial charge in [-0.3, -0.25) is 9.59 Å². The molecular weight excluding hydrogens is 458 g/mol. The van der Waals surface area contributed by atoms with Crippen molar-refractivity contribution in [3.05, 3.63) is 38.0 Å². The first-order valence-electron chi connectivity index (χ1n) is 15.5. The van der Waals surface area contributed by atoms with Crippen LogP contribution in [0, 0.1) is 0 Å². The number of amides is 1. The zero-order valence-electron chi connectivity index (χ0n) is 24.1. The smallest absolute Gasteiger partial charge is 0.306 e. The number of carbonyl (C=O) groups is 2. The van der Waals surface area contributed by atoms with Gasteiger partial charge in [-0.2, -0.15) is 0 Å². The fourth-order valence-corrected chi connectivity index (χ4v) is 4.50. The van der Waals surface area contributed by atoms with E-state index < -0.39 is 6.10 Å². The number of unbranched alkanes of at least 4 members (excludes halogenated alkanes) is 18. The van der Waals surface area contributed by atoms with Crippen LogP contribution in [0.25, 0.3) is 0 Å². The molecule has 0 saturated heterocycles. The second-order valence-electron chi connectivity index (χ2n) is 10.4. The Morgan fingerprint density at radius 3 is 1.46 bits per heavy atom. The van der Waals surface area contributed by atoms with Crippen LogP contribution in [-0.2, 0) is 14.3 Å². The average Bonchev–Trinajstić information content (AvgIpc) is 2.90. The molecule has 0 rings (SSSR count). The summed E-state index contributed by atoms with van der Waals surface area (Å²) in [6.07, 6.45) is 30.1. The van der Waals surface area contributed by atoms with Crippen LogP contribution < -0.4 is 5.32 Å². The van der Waals surface area contributed by atoms with E-state index in [1.165, 1.54) is 70.6 Å². The van der Waals surface area contributed by atoms with Crippen LogP contribution in [0.2, 0.25) is 0 Å². The molecule has 0 aliphatic heterocycles. The van der Waals surface area contributed by atoms with Gasteiger partial charge in [0.1, 0.15) is 0 Å². The predicted octanol–water partition coefficient (Wildman–Crippen LogP) is 9.54. The first-order valence-corrected chi connectivity index (χ1v) is 15.5. The van der Waals surface area contributed by atoms with Crippen molar-refractivity contribution in [2.45, 2.75) is 154 Å². The number of esters is 1. The molecular formula is C33H59NO3. The number of ether oxygens (including phenoxy) is 1. The standard InChI is InChI=1S/C33H59NO3/c1-4-7-10-13-16-19-22-25-28-31(33(36)34-30-27-24-21-18-15-12-9-6-3)37-32(35)29-26-23-20-17-14-11-8-5-2/h4-6,31H,1-3,7-30H2,(H,34,36). The van der Waals surface area contributed by atoms with Crippen LogP contribution in [0.1, 0.15) is 148 Å². The molecule has 0 bridgehead atoms. The molecule has 0 aromatic carbocycles. The second kappa shape index (κ2) is 28.7. The molecule has 0 aliphatic carbocycles. The summed E-state index contributed by atoms with van der Waals surface area (Å²) in [5.74, 6) is -0.344. The van der Waals surface area contributed by atoms with Gasteiger partial charge in [-0.05, 0) is 64.2 Å². The Bertz CT molecular complexity index is 572. The number of rotatable bonds is 29. The molecule has 1 atom stereocenters. The SMILES string of the molecule is C=CCCCCCCCCNC(=O)C(CCCCCCCCC=C)OC(=O)CCCCCCCCC=C. The zero-order valence-corrected chi connectivity index (χ0v) is 24.1. The minimum atomic E-state index is -0.647. The number of hydrogen-bond acceptors (Lipinski definition) is 3. The van der Waals surface area contributed by atoms with Gasteiger partial charge < -0.3 is 10.1 Å². The highest BCUT2D eigenvalue weighted by atomic mass is 16.5. The van der Waals surface area contributed by atoms with Crippen molar-refractivity contribution in [2.24, 2.45) is 0 Å². The first-order chi connectivity index (χ1) is 18.2. The average molecular weight is 518 g/mol. The Hall–Kier alpha value is -1.84. The van der Waals surface area contributed by atoms with Gasteiger partial charge in [-0.15, -0.1) is 19.7 Å². The summed E-state index contributed by atoms with van der Waals surface area (Å²) in [6, 6.07) is 0. The van der Waals surface area contributed by atoms with Crippen molar-refractivity contribution < 1.29 is 14.3 Å². The Morgan fingerprint density at radius 2 is 0.973 bits per heavy atom. The van der Waals surface area contributed by atoms with E-state index in [9.17, 15) is 9.59 Å². The summed E-state index contributed by atoms with van der Waals surface area (Å²) >= 11 is 0. The zero-order chi connectivity index (χ0) is 27.2. The van der Waals surface area contributed by atoms with E-state index in [1.807, 2.05) is 18.2 Å². The highest BCUT2D eigenvalue weighted by molar-refractivity contribution is 5.83. The molecule has 1 N–H and O–H groups in total. The molecule has 1 amide bonds. The Labute approximate surface area is 229 Å². The molecule has 4 nitrogen and oxygen atoms in total. The van der Waals surface area contributed by atoms with Gasteiger partial charge in [0.2, 0.25) is 0 Å². The van der Waals surface area contributed by atoms with Gasteiger partial charge in [0.25, 0.3) is 5.91 Å². The maximum atomic E-state index is 12.8. The van der Waals surface area contributed by atoms with Gasteiger partial charge in [-0.25, -0.2) is 0 Å². The van der Waals surface area contributed by atoms with E-state index in [0.29, 0.717) is 19.4 Å². The molecule has 37 heavy (non-hydrogen) atoms. The molecule has 0 saturated carbocycles. The summed E-state index contributed by atoms with van der Waals surface area (Å²) in [7, 11) is 0. The van der Waals surface area contributed by atoms with E-state index in [4.69, 9.17) is 4.74 Å². The quantitative estimate of drug-likeness (QED) is 0.0610. The molecule has 4 heteroatoms. The topological polar surface area (TPSA) is 55.4 Å². The highest BCUT2D eigenvalue weighted by Crippen LogP contribution is 2.14. The lowest BCUT2D eigenvalue weighted by Gasteiger charge is -2.18. The summed E-state index contributed by atoms with van der Waals surface area (Å²) < 4.78 is 5.68. The lowest BCUT2D eigenvalue weighted by Crippen LogP contribution is -2.38. The molecule has 0 heterocycles. The molecule has 1 unspecified atom stereocenters. The monoisotopic (exact) mass is 517 g/mol. The van der Waals surface area contributed by atoms with Crippen molar-refractivity contribution >= 4 is 11.9 Å². The molecule has 0 spiro atoms. The Balaban J connectivity index is 4.25. The Kier molecular flexibility index (Phi) is 27.3. The third-order valence-corrected chi connectivity index (χ3v) is 6.86. The van der Waals surface area contributed by atoms with Crippen molar-refractivity contribution in [1.29, 1.82) is 0 Å². The van der Waals surface area contributed by atoms with E-state index in [0.717, 1.165) is 64.2 Å². The van der Waals surface area contributed by atoms with E-state index in [2.05, 4.69) is 25.1 Å². The number of carbonyl (C=O) groups excluding carboxylic acids is 2. The molecule has 0 fully saturated rings. The first kappa shape index (κ1) is 35.2. The van der Waals surface area contributed by atoms with Gasteiger partial charge in [-0.1, -0.05) is 95.3 Å². The van der Waals surface area contributed by atoms with Gasteiger partial charge in [0.15, 0.2) is 6.10 Å². The third kappa shape index (κ3) is 25.6. The Morgan fingerprint density at radius 1 is 0.568 bits per heavy atom. The molecule has 214 valence electrons. The van der Waals surface area contributed by atoms with Crippen LogP contribution in [-0.4, -0.2) is 24.5 Å². The minimum Gasteiger partial charge on any atom is -0.452 e. The fraction of sp³-hybridized carbons (Fsp3) is 0.758. The normalized spacial score (nSPS) is 11.6. The lowest BCUT2D eigenvalue weighted by molar-refractivity contribution is -0.156. The highest BCUT2D eigenvalue weighted by Gasteiger charge is 2.22. The summed E-state index contributed by atoms with van der Waals surface area (Å²) in [6.45, 7) is 12.0. The van der Waals surface area contributed by atoms with Crippen molar-refractivity contribution in [3.63, 3.8) is 0 Å². The molecule has 0 aromatic rings. The van der Waals surface area contributed by atoms with Gasteiger partial charge in [0, 0.05) is 13.0 Å². The maximum Gasteiger partial charge on any atom is 0.306 e. The summed E-state index contributed by atoms with van der Waals surface area (Å²) in [5.41, 5.74) is 0. The van der Waals surface area contributed by atoms with Crippen LogP contribution in [0.15, 0.2) is 38.0 Å². The number of allylic oxidation sites excluding steroid dienone is 3. The van der Waals surface area contributed by atoms with Crippen molar-refractivity contribution in [1.82, 2.24) is 5.32 Å². The van der Waals surface area contributed by atoms with E-state index in [-0.39, 0.29) is 11.9 Å². The van der Waals surface area contributed by atoms with Crippen LogP contribution in [0.4, 0.5) is 0 Å². The summed E-state index contributed by atoms with van der Waals surface area (Å²) in [5, 5.41) is 3.03.